The number of carbonyl (C=O) groups is 2. The van der Waals surface area contributed by atoms with Gasteiger partial charge in [-0.1, -0.05) is 23.7 Å². The molecule has 1 saturated heterocycles. The highest BCUT2D eigenvalue weighted by Gasteiger charge is 2.35. The molecule has 0 spiro atoms. The van der Waals surface area contributed by atoms with Gasteiger partial charge in [0.25, 0.3) is 11.8 Å². The number of benzene rings is 2. The number of rotatable bonds is 4. The van der Waals surface area contributed by atoms with Crippen LogP contribution in [0.5, 0.6) is 5.75 Å². The Morgan fingerprint density at radius 3 is 2.47 bits per heavy atom. The number of carbonyl (C=O) groups excluding carboxylic acids is 2. The third-order valence-electron chi connectivity index (χ3n) is 4.62. The standard InChI is InChI=1S/C22H16ClN3O3S/c1-29-16-10-8-14(9-11-16)25-12-4-5-15(25)13-17-20(27)24-22(30)26(21(17)28)19-7-3-2-6-18(19)23/h2-13H,1H3,(H,24,27,30)/b17-13+. The van der Waals surface area contributed by atoms with Crippen molar-refractivity contribution >= 4 is 52.5 Å². The summed E-state index contributed by atoms with van der Waals surface area (Å²) in [6, 6.07) is 17.9. The van der Waals surface area contributed by atoms with Crippen LogP contribution >= 0.6 is 23.8 Å². The van der Waals surface area contributed by atoms with Gasteiger partial charge in [-0.15, -0.1) is 0 Å². The molecule has 150 valence electrons. The normalized spacial score (nSPS) is 15.5. The Morgan fingerprint density at radius 2 is 1.77 bits per heavy atom. The number of halogens is 1. The molecule has 2 amide bonds. The number of hydrogen-bond donors (Lipinski definition) is 1. The zero-order valence-electron chi connectivity index (χ0n) is 15.8. The molecule has 8 heteroatoms. The van der Waals surface area contributed by atoms with Crippen molar-refractivity contribution in [2.45, 2.75) is 0 Å². The molecule has 2 aromatic carbocycles. The van der Waals surface area contributed by atoms with Crippen molar-refractivity contribution in [1.82, 2.24) is 9.88 Å². The Bertz CT molecular complexity index is 1180. The lowest BCUT2D eigenvalue weighted by molar-refractivity contribution is -0.122. The van der Waals surface area contributed by atoms with E-state index in [0.29, 0.717) is 16.4 Å². The van der Waals surface area contributed by atoms with E-state index in [-0.39, 0.29) is 10.7 Å². The zero-order valence-corrected chi connectivity index (χ0v) is 17.4. The van der Waals surface area contributed by atoms with Gasteiger partial charge in [0.1, 0.15) is 11.3 Å². The van der Waals surface area contributed by atoms with Crippen molar-refractivity contribution in [2.24, 2.45) is 0 Å². The Hall–Kier alpha value is -3.42. The van der Waals surface area contributed by atoms with E-state index < -0.39 is 11.8 Å². The lowest BCUT2D eigenvalue weighted by Crippen LogP contribution is -2.54. The van der Waals surface area contributed by atoms with Crippen molar-refractivity contribution in [1.29, 1.82) is 0 Å². The number of nitrogens with one attached hydrogen (secondary N) is 1. The van der Waals surface area contributed by atoms with Gasteiger partial charge < -0.3 is 9.30 Å². The van der Waals surface area contributed by atoms with Crippen LogP contribution in [0, 0.1) is 0 Å². The molecule has 30 heavy (non-hydrogen) atoms. The average molecular weight is 438 g/mol. The first-order valence-corrected chi connectivity index (χ1v) is 9.76. The van der Waals surface area contributed by atoms with Crippen LogP contribution in [0.1, 0.15) is 5.69 Å². The van der Waals surface area contributed by atoms with Gasteiger partial charge in [-0.25, -0.2) is 0 Å². The maximum Gasteiger partial charge on any atom is 0.270 e. The van der Waals surface area contributed by atoms with Crippen LogP contribution < -0.4 is 15.0 Å². The molecule has 0 bridgehead atoms. The van der Waals surface area contributed by atoms with E-state index >= 15 is 0 Å². The number of aromatic nitrogens is 1. The van der Waals surface area contributed by atoms with Crippen molar-refractivity contribution in [3.63, 3.8) is 0 Å². The molecule has 1 N–H and O–H groups in total. The number of hydrogen-bond acceptors (Lipinski definition) is 4. The molecule has 6 nitrogen and oxygen atoms in total. The van der Waals surface area contributed by atoms with E-state index in [1.165, 1.54) is 11.0 Å². The quantitative estimate of drug-likeness (QED) is 0.381. The smallest absolute Gasteiger partial charge is 0.270 e. The SMILES string of the molecule is COc1ccc(-n2cccc2/C=C2\C(=O)NC(=S)N(c3ccccc3Cl)C2=O)cc1. The zero-order chi connectivity index (χ0) is 21.3. The van der Waals surface area contributed by atoms with Crippen LogP contribution in [-0.2, 0) is 9.59 Å². The minimum absolute atomic E-state index is 0.0132. The summed E-state index contributed by atoms with van der Waals surface area (Å²) in [5.41, 5.74) is 1.88. The summed E-state index contributed by atoms with van der Waals surface area (Å²) in [6.07, 6.45) is 3.38. The fraction of sp³-hybridized carbons (Fsp3) is 0.0455. The second-order valence-corrected chi connectivity index (χ2v) is 7.20. The van der Waals surface area contributed by atoms with Crippen LogP contribution in [0.25, 0.3) is 11.8 Å². The van der Waals surface area contributed by atoms with Gasteiger partial charge in [0.2, 0.25) is 0 Å². The summed E-state index contributed by atoms with van der Waals surface area (Å²) in [5, 5.41) is 2.91. The molecule has 2 heterocycles. The van der Waals surface area contributed by atoms with Crippen LogP contribution in [0.3, 0.4) is 0 Å². The third-order valence-corrected chi connectivity index (χ3v) is 5.22. The Balaban J connectivity index is 1.74. The molecule has 0 saturated carbocycles. The van der Waals surface area contributed by atoms with Gasteiger partial charge in [0.15, 0.2) is 5.11 Å². The monoisotopic (exact) mass is 437 g/mol. The van der Waals surface area contributed by atoms with E-state index in [1.54, 1.807) is 31.4 Å². The fourth-order valence-electron chi connectivity index (χ4n) is 3.15. The molecular formula is C22H16ClN3O3S. The minimum Gasteiger partial charge on any atom is -0.497 e. The lowest BCUT2D eigenvalue weighted by atomic mass is 10.1. The largest absolute Gasteiger partial charge is 0.497 e. The highest BCUT2D eigenvalue weighted by Crippen LogP contribution is 2.29. The third kappa shape index (κ3) is 3.60. The van der Waals surface area contributed by atoms with Crippen molar-refractivity contribution in [3.8, 4) is 11.4 Å². The summed E-state index contributed by atoms with van der Waals surface area (Å²) in [7, 11) is 1.60. The van der Waals surface area contributed by atoms with E-state index in [9.17, 15) is 9.59 Å². The van der Waals surface area contributed by atoms with Gasteiger partial charge in [-0.2, -0.15) is 0 Å². The van der Waals surface area contributed by atoms with E-state index in [4.69, 9.17) is 28.6 Å². The first-order chi connectivity index (χ1) is 14.5. The van der Waals surface area contributed by atoms with Crippen LogP contribution in [-0.4, -0.2) is 28.6 Å². The molecular weight excluding hydrogens is 422 g/mol. The first kappa shape index (κ1) is 19.9. The van der Waals surface area contributed by atoms with E-state index in [1.807, 2.05) is 47.2 Å². The predicted molar refractivity (Wildman–Crippen MR) is 120 cm³/mol. The summed E-state index contributed by atoms with van der Waals surface area (Å²) in [5.74, 6) is -0.369. The second kappa shape index (κ2) is 8.14. The van der Waals surface area contributed by atoms with Crippen molar-refractivity contribution in [2.75, 3.05) is 12.0 Å². The molecule has 4 rings (SSSR count). The molecule has 1 fully saturated rings. The molecule has 0 aliphatic carbocycles. The maximum atomic E-state index is 13.2. The highest BCUT2D eigenvalue weighted by molar-refractivity contribution is 7.80. The number of thiocarbonyl (C=S) groups is 1. The molecule has 0 radical (unpaired) electrons. The predicted octanol–water partition coefficient (Wildman–Crippen LogP) is 3.97. The second-order valence-electron chi connectivity index (χ2n) is 6.41. The van der Waals surface area contributed by atoms with Crippen molar-refractivity contribution in [3.05, 3.63) is 83.2 Å². The highest BCUT2D eigenvalue weighted by atomic mass is 35.5. The molecule has 1 aliphatic heterocycles. The van der Waals surface area contributed by atoms with Gasteiger partial charge in [-0.3, -0.25) is 19.8 Å². The van der Waals surface area contributed by atoms with Crippen LogP contribution in [0.4, 0.5) is 5.69 Å². The van der Waals surface area contributed by atoms with Crippen LogP contribution in [0.2, 0.25) is 5.02 Å². The van der Waals surface area contributed by atoms with E-state index in [2.05, 4.69) is 5.32 Å². The average Bonchev–Trinajstić information content (AvgIpc) is 3.20. The number of methoxy groups -OCH3 is 1. The van der Waals surface area contributed by atoms with Gasteiger partial charge in [0, 0.05) is 17.6 Å². The number of amides is 2. The van der Waals surface area contributed by atoms with Crippen LogP contribution in [0.15, 0.2) is 72.4 Å². The summed E-state index contributed by atoms with van der Waals surface area (Å²) in [4.78, 5) is 27.0. The van der Waals surface area contributed by atoms with E-state index in [0.717, 1.165) is 11.4 Å². The topological polar surface area (TPSA) is 63.6 Å². The molecule has 1 aliphatic rings. The number of para-hydroxylation sites is 1. The van der Waals surface area contributed by atoms with Crippen molar-refractivity contribution < 1.29 is 14.3 Å². The summed E-state index contributed by atoms with van der Waals surface area (Å²) in [6.45, 7) is 0. The van der Waals surface area contributed by atoms with Gasteiger partial charge in [-0.05, 0) is 66.8 Å². The van der Waals surface area contributed by atoms with Gasteiger partial charge in [0.05, 0.1) is 17.8 Å². The molecule has 1 aromatic heterocycles. The first-order valence-electron chi connectivity index (χ1n) is 8.97. The summed E-state index contributed by atoms with van der Waals surface area (Å²) >= 11 is 11.5. The number of nitrogens with zero attached hydrogens (tertiary/aromatic N) is 2. The van der Waals surface area contributed by atoms with Gasteiger partial charge >= 0.3 is 0 Å². The minimum atomic E-state index is -0.559. The molecule has 0 atom stereocenters. The lowest BCUT2D eigenvalue weighted by Gasteiger charge is -2.29. The maximum absolute atomic E-state index is 13.2. The Morgan fingerprint density at radius 1 is 1.03 bits per heavy atom. The fourth-order valence-corrected chi connectivity index (χ4v) is 3.64. The Kier molecular flexibility index (Phi) is 5.39. The molecule has 3 aromatic rings. The summed E-state index contributed by atoms with van der Waals surface area (Å²) < 4.78 is 7.05. The molecule has 0 unspecified atom stereocenters. The number of ether oxygens (including phenoxy) is 1. The number of anilines is 1. The Labute approximate surface area is 183 Å².